The van der Waals surface area contributed by atoms with E-state index in [-0.39, 0.29) is 29.2 Å². The number of urea groups is 1. The molecule has 10 heteroatoms. The average Bonchev–Trinajstić information content (AvgIpc) is 2.59. The number of hydrazine groups is 2. The number of carbonyl (C=O) groups excluding carboxylic acids is 1. The summed E-state index contributed by atoms with van der Waals surface area (Å²) >= 11 is 3.21. The van der Waals surface area contributed by atoms with Crippen LogP contribution in [0, 0.1) is 0 Å². The van der Waals surface area contributed by atoms with Crippen LogP contribution in [-0.4, -0.2) is 23.2 Å². The molecule has 0 saturated carbocycles. The molecular formula is C16H17BrF2N4O3. The summed E-state index contributed by atoms with van der Waals surface area (Å²) in [7, 11) is 1.28. The number of carbonyl (C=O) groups is 1. The first-order valence-electron chi connectivity index (χ1n) is 7.30. The van der Waals surface area contributed by atoms with Crippen molar-refractivity contribution in [3.05, 3.63) is 52.0 Å². The maximum Gasteiger partial charge on any atom is 0.352 e. The Hall–Kier alpha value is -2.43. The number of nitrogens with zero attached hydrogens (tertiary/aromatic N) is 2. The van der Waals surface area contributed by atoms with Gasteiger partial charge in [0.2, 0.25) is 0 Å². The highest BCUT2D eigenvalue weighted by Gasteiger charge is 2.23. The van der Waals surface area contributed by atoms with Gasteiger partial charge in [0.15, 0.2) is 0 Å². The van der Waals surface area contributed by atoms with E-state index < -0.39 is 12.5 Å². The first-order valence-corrected chi connectivity index (χ1v) is 8.10. The van der Waals surface area contributed by atoms with Gasteiger partial charge in [0.25, 0.3) is 6.43 Å². The molecule has 5 N–H and O–H groups in total. The van der Waals surface area contributed by atoms with Gasteiger partial charge in [-0.1, -0.05) is 12.1 Å². The number of rotatable bonds is 5. The monoisotopic (exact) mass is 430 g/mol. The van der Waals surface area contributed by atoms with Crippen LogP contribution in [0.25, 0.3) is 0 Å². The lowest BCUT2D eigenvalue weighted by molar-refractivity contribution is 0.148. The molecule has 2 amide bonds. The number of anilines is 1. The summed E-state index contributed by atoms with van der Waals surface area (Å²) in [5.74, 6) is 11.5. The predicted molar refractivity (Wildman–Crippen MR) is 95.6 cm³/mol. The molecule has 0 heterocycles. The van der Waals surface area contributed by atoms with Crippen LogP contribution in [-0.2, 0) is 6.61 Å². The van der Waals surface area contributed by atoms with Gasteiger partial charge in [0.1, 0.15) is 18.1 Å². The highest BCUT2D eigenvalue weighted by atomic mass is 79.9. The highest BCUT2D eigenvalue weighted by molar-refractivity contribution is 9.10. The molecule has 2 aromatic carbocycles. The zero-order chi connectivity index (χ0) is 19.4. The predicted octanol–water partition coefficient (Wildman–Crippen LogP) is 3.28. The lowest BCUT2D eigenvalue weighted by atomic mass is 10.1. The van der Waals surface area contributed by atoms with Gasteiger partial charge in [-0.05, 0) is 40.2 Å². The fraction of sp³-hybridized carbons (Fsp3) is 0.188. The molecule has 0 bridgehead atoms. The zero-order valence-corrected chi connectivity index (χ0v) is 15.3. The third-order valence-electron chi connectivity index (χ3n) is 3.48. The summed E-state index contributed by atoms with van der Waals surface area (Å²) < 4.78 is 32.8. The number of hydrogen-bond acceptors (Lipinski definition) is 5. The molecule has 7 nitrogen and oxygen atoms in total. The van der Waals surface area contributed by atoms with Crippen LogP contribution in [0.3, 0.4) is 0 Å². The molecule has 0 aliphatic rings. The summed E-state index contributed by atoms with van der Waals surface area (Å²) in [4.78, 5) is 12.0. The average molecular weight is 431 g/mol. The lowest BCUT2D eigenvalue weighted by Gasteiger charge is -2.24. The number of ether oxygens (including phenoxy) is 1. The number of aromatic hydroxyl groups is 1. The molecule has 0 aliphatic heterocycles. The van der Waals surface area contributed by atoms with E-state index in [0.717, 1.165) is 5.01 Å². The Morgan fingerprint density at radius 1 is 1.31 bits per heavy atom. The number of halogens is 3. The van der Waals surface area contributed by atoms with Crippen molar-refractivity contribution in [3.8, 4) is 11.5 Å². The van der Waals surface area contributed by atoms with Gasteiger partial charge < -0.3 is 9.84 Å². The van der Waals surface area contributed by atoms with Crippen molar-refractivity contribution in [2.24, 2.45) is 11.7 Å². The second kappa shape index (κ2) is 8.30. The maximum absolute atomic E-state index is 13.4. The minimum Gasteiger partial charge on any atom is -0.508 e. The first kappa shape index (κ1) is 19.9. The van der Waals surface area contributed by atoms with Crippen LogP contribution in [0.2, 0.25) is 0 Å². The van der Waals surface area contributed by atoms with Crippen LogP contribution in [0.1, 0.15) is 17.6 Å². The number of alkyl halides is 2. The molecule has 0 saturated heterocycles. The van der Waals surface area contributed by atoms with Crippen molar-refractivity contribution < 1.29 is 23.4 Å². The summed E-state index contributed by atoms with van der Waals surface area (Å²) in [5.41, 5.74) is -0.236. The van der Waals surface area contributed by atoms with Crippen molar-refractivity contribution in [3.63, 3.8) is 0 Å². The maximum atomic E-state index is 13.4. The second-order valence-corrected chi connectivity index (χ2v) is 6.17. The fourth-order valence-corrected chi connectivity index (χ4v) is 2.69. The van der Waals surface area contributed by atoms with Crippen LogP contribution in [0.4, 0.5) is 19.3 Å². The van der Waals surface area contributed by atoms with E-state index in [1.54, 1.807) is 0 Å². The molecule has 2 rings (SSSR count). The van der Waals surface area contributed by atoms with Crippen LogP contribution in [0.15, 0.2) is 40.9 Å². The standard InChI is InChI=1S/C16H17BrF2N4O3/c1-22(20)16(25)23(21)13-4-2-3-10(15(18)19)11(13)8-26-14-6-5-9(24)7-12(14)17/h2-7,15,24H,8,20-21H2,1H3. The Labute approximate surface area is 156 Å². The summed E-state index contributed by atoms with van der Waals surface area (Å²) in [6.07, 6.45) is -2.80. The van der Waals surface area contributed by atoms with Crippen molar-refractivity contribution in [2.45, 2.75) is 13.0 Å². The number of amides is 2. The largest absolute Gasteiger partial charge is 0.508 e. The third-order valence-corrected chi connectivity index (χ3v) is 4.10. The van der Waals surface area contributed by atoms with E-state index in [2.05, 4.69) is 15.9 Å². The number of phenols is 1. The molecular weight excluding hydrogens is 414 g/mol. The Kier molecular flexibility index (Phi) is 6.35. The van der Waals surface area contributed by atoms with Gasteiger partial charge in [0, 0.05) is 18.2 Å². The van der Waals surface area contributed by atoms with Crippen LogP contribution in [0.5, 0.6) is 11.5 Å². The molecule has 0 aromatic heterocycles. The Morgan fingerprint density at radius 3 is 2.58 bits per heavy atom. The fourth-order valence-electron chi connectivity index (χ4n) is 2.21. The summed E-state index contributed by atoms with van der Waals surface area (Å²) in [6, 6.07) is 7.48. The van der Waals surface area contributed by atoms with Crippen LogP contribution >= 0.6 is 15.9 Å². The van der Waals surface area contributed by atoms with Gasteiger partial charge in [-0.15, -0.1) is 0 Å². The number of hydrogen-bond donors (Lipinski definition) is 3. The number of nitrogens with two attached hydrogens (primary N) is 2. The quantitative estimate of drug-likeness (QED) is 0.383. The minimum absolute atomic E-state index is 0.0163. The molecule has 0 atom stereocenters. The number of phenolic OH excluding ortho intramolecular Hbond substituents is 1. The third kappa shape index (κ3) is 4.40. The van der Waals surface area contributed by atoms with Crippen molar-refractivity contribution in [1.82, 2.24) is 5.01 Å². The van der Waals surface area contributed by atoms with Crippen molar-refractivity contribution >= 4 is 27.6 Å². The molecule has 140 valence electrons. The summed E-state index contributed by atoms with van der Waals surface area (Å²) in [6.45, 7) is -0.283. The molecule has 0 radical (unpaired) electrons. The Balaban J connectivity index is 2.39. The van der Waals surface area contributed by atoms with Crippen LogP contribution < -0.4 is 21.4 Å². The SMILES string of the molecule is CN(N)C(=O)N(N)c1cccc(C(F)F)c1COc1ccc(O)cc1Br. The molecule has 2 aromatic rings. The van der Waals surface area contributed by atoms with E-state index in [1.807, 2.05) is 0 Å². The molecule has 0 fully saturated rings. The highest BCUT2D eigenvalue weighted by Crippen LogP contribution is 2.33. The second-order valence-electron chi connectivity index (χ2n) is 5.31. The van der Waals surface area contributed by atoms with Crippen molar-refractivity contribution in [1.29, 1.82) is 0 Å². The van der Waals surface area contributed by atoms with Gasteiger partial charge in [-0.3, -0.25) is 5.01 Å². The normalized spacial score (nSPS) is 10.7. The lowest BCUT2D eigenvalue weighted by Crippen LogP contribution is -2.49. The van der Waals surface area contributed by atoms with Gasteiger partial charge >= 0.3 is 6.03 Å². The van der Waals surface area contributed by atoms with Gasteiger partial charge in [-0.25, -0.2) is 30.3 Å². The zero-order valence-electron chi connectivity index (χ0n) is 13.7. The number of benzene rings is 2. The molecule has 0 aliphatic carbocycles. The van der Waals surface area contributed by atoms with Crippen molar-refractivity contribution in [2.75, 3.05) is 12.1 Å². The van der Waals surface area contributed by atoms with Gasteiger partial charge in [0.05, 0.1) is 10.2 Å². The summed E-state index contributed by atoms with van der Waals surface area (Å²) in [5, 5.41) is 10.8. The molecule has 26 heavy (non-hydrogen) atoms. The van der Waals surface area contributed by atoms with Gasteiger partial charge in [-0.2, -0.15) is 0 Å². The van der Waals surface area contributed by atoms with E-state index in [1.165, 1.54) is 43.4 Å². The van der Waals surface area contributed by atoms with E-state index in [4.69, 9.17) is 16.4 Å². The Bertz CT molecular complexity index is 805. The van der Waals surface area contributed by atoms with E-state index in [0.29, 0.717) is 15.2 Å². The Morgan fingerprint density at radius 2 is 2.00 bits per heavy atom. The van der Waals surface area contributed by atoms with E-state index in [9.17, 15) is 18.7 Å². The molecule has 0 spiro atoms. The van der Waals surface area contributed by atoms with E-state index >= 15 is 0 Å². The topological polar surface area (TPSA) is 105 Å². The minimum atomic E-state index is -2.80. The smallest absolute Gasteiger partial charge is 0.352 e. The first-order chi connectivity index (χ1) is 12.2. The molecule has 0 unspecified atom stereocenters.